The number of carbonyl (C=O) groups excluding carboxylic acids is 2. The van der Waals surface area contributed by atoms with Crippen LogP contribution >= 0.6 is 47.0 Å². The first-order valence-electron chi connectivity index (χ1n) is 8.32. The van der Waals surface area contributed by atoms with Crippen molar-refractivity contribution in [2.75, 3.05) is 5.32 Å². The van der Waals surface area contributed by atoms with E-state index in [4.69, 9.17) is 47.0 Å². The second-order valence-corrected chi connectivity index (χ2v) is 7.61. The van der Waals surface area contributed by atoms with Crippen LogP contribution in [0.3, 0.4) is 0 Å². The normalized spacial score (nSPS) is 10.3. The third-order valence-electron chi connectivity index (χ3n) is 3.91. The van der Waals surface area contributed by atoms with E-state index >= 15 is 0 Å². The van der Waals surface area contributed by atoms with Crippen LogP contribution in [0.5, 0.6) is 0 Å². The second kappa shape index (κ2) is 9.37. The monoisotopic (exact) mass is 462 g/mol. The van der Waals surface area contributed by atoms with Gasteiger partial charge in [0.2, 0.25) is 0 Å². The van der Waals surface area contributed by atoms with Gasteiger partial charge in [0, 0.05) is 21.2 Å². The van der Waals surface area contributed by atoms with Gasteiger partial charge in [-0.25, -0.2) is 0 Å². The summed E-state index contributed by atoms with van der Waals surface area (Å²) in [6.45, 7) is 0. The zero-order valence-corrected chi connectivity index (χ0v) is 17.8. The number of halogens is 3. The number of hydrogen-bond acceptors (Lipinski definition) is 3. The Balaban J connectivity index is 1.80. The number of anilines is 1. The number of benzene rings is 3. The third-order valence-corrected chi connectivity index (χ3v) is 4.90. The standard InChI is InChI=1S/C21H13Cl3N2O2S/c22-13-7-9-18(16(10-13)19(27)12-4-2-1-3-5-12)25-21(29)26-20(28)15-8-6-14(23)11-17(15)24/h1-11H,(H2,25,26,28,29). The van der Waals surface area contributed by atoms with Gasteiger partial charge in [0.05, 0.1) is 16.3 Å². The fourth-order valence-corrected chi connectivity index (χ4v) is 3.43. The highest BCUT2D eigenvalue weighted by atomic mass is 35.5. The number of hydrogen-bond donors (Lipinski definition) is 2. The molecule has 146 valence electrons. The lowest BCUT2D eigenvalue weighted by Gasteiger charge is -2.14. The molecular formula is C21H13Cl3N2O2S. The SMILES string of the molecule is O=C(NC(=S)Nc1ccc(Cl)cc1C(=O)c1ccccc1)c1ccc(Cl)cc1Cl. The van der Waals surface area contributed by atoms with Crippen molar-refractivity contribution < 1.29 is 9.59 Å². The van der Waals surface area contributed by atoms with Gasteiger partial charge >= 0.3 is 0 Å². The topological polar surface area (TPSA) is 58.2 Å². The molecule has 0 unspecified atom stereocenters. The summed E-state index contributed by atoms with van der Waals surface area (Å²) in [6, 6.07) is 18.1. The largest absolute Gasteiger partial charge is 0.332 e. The lowest BCUT2D eigenvalue weighted by molar-refractivity contribution is 0.0977. The number of nitrogens with one attached hydrogen (secondary N) is 2. The quantitative estimate of drug-likeness (QED) is 0.368. The van der Waals surface area contributed by atoms with E-state index in [-0.39, 0.29) is 21.5 Å². The number of rotatable bonds is 4. The summed E-state index contributed by atoms with van der Waals surface area (Å²) >= 11 is 23.2. The molecule has 29 heavy (non-hydrogen) atoms. The minimum Gasteiger partial charge on any atom is -0.332 e. The molecule has 2 N–H and O–H groups in total. The van der Waals surface area contributed by atoms with Gasteiger partial charge < -0.3 is 5.32 Å². The molecule has 0 saturated carbocycles. The van der Waals surface area contributed by atoms with E-state index in [0.29, 0.717) is 26.9 Å². The molecule has 0 fully saturated rings. The molecule has 0 bridgehead atoms. The molecule has 0 atom stereocenters. The zero-order chi connectivity index (χ0) is 21.0. The van der Waals surface area contributed by atoms with E-state index in [1.54, 1.807) is 48.5 Å². The Labute approximate surface area is 187 Å². The number of carbonyl (C=O) groups is 2. The van der Waals surface area contributed by atoms with E-state index in [0.717, 1.165) is 0 Å². The Bertz CT molecular complexity index is 1100. The van der Waals surface area contributed by atoms with Crippen molar-refractivity contribution in [3.05, 3.63) is 98.5 Å². The van der Waals surface area contributed by atoms with E-state index in [1.165, 1.54) is 12.1 Å². The highest BCUT2D eigenvalue weighted by Gasteiger charge is 2.17. The van der Waals surface area contributed by atoms with Gasteiger partial charge in [0.15, 0.2) is 10.9 Å². The molecule has 0 heterocycles. The molecule has 3 rings (SSSR count). The summed E-state index contributed by atoms with van der Waals surface area (Å²) in [6.07, 6.45) is 0. The average Bonchev–Trinajstić information content (AvgIpc) is 2.69. The van der Waals surface area contributed by atoms with E-state index < -0.39 is 5.91 Å². The lowest BCUT2D eigenvalue weighted by atomic mass is 10.0. The molecule has 0 aliphatic carbocycles. The van der Waals surface area contributed by atoms with Crippen LogP contribution in [0, 0.1) is 0 Å². The minimum atomic E-state index is -0.505. The van der Waals surface area contributed by atoms with Crippen molar-refractivity contribution in [2.24, 2.45) is 0 Å². The summed E-state index contributed by atoms with van der Waals surface area (Å²) in [5.74, 6) is -0.737. The maximum atomic E-state index is 12.9. The van der Waals surface area contributed by atoms with Crippen molar-refractivity contribution >= 4 is 69.5 Å². The van der Waals surface area contributed by atoms with Crippen molar-refractivity contribution in [3.8, 4) is 0 Å². The lowest BCUT2D eigenvalue weighted by Crippen LogP contribution is -2.34. The van der Waals surface area contributed by atoms with Crippen LogP contribution < -0.4 is 10.6 Å². The molecule has 0 radical (unpaired) electrons. The first kappa shape index (κ1) is 21.3. The Kier molecular flexibility index (Phi) is 6.87. The molecule has 3 aromatic carbocycles. The van der Waals surface area contributed by atoms with Crippen molar-refractivity contribution in [3.63, 3.8) is 0 Å². The van der Waals surface area contributed by atoms with Gasteiger partial charge in [-0.05, 0) is 48.6 Å². The molecular weight excluding hydrogens is 451 g/mol. The van der Waals surface area contributed by atoms with Crippen LogP contribution in [0.15, 0.2) is 66.7 Å². The Morgan fingerprint density at radius 1 is 0.793 bits per heavy atom. The molecule has 3 aromatic rings. The average molecular weight is 464 g/mol. The van der Waals surface area contributed by atoms with E-state index in [2.05, 4.69) is 10.6 Å². The summed E-state index contributed by atoms with van der Waals surface area (Å²) in [4.78, 5) is 25.3. The highest BCUT2D eigenvalue weighted by molar-refractivity contribution is 7.80. The van der Waals surface area contributed by atoms with Crippen LogP contribution in [0.4, 0.5) is 5.69 Å². The number of thiocarbonyl (C=S) groups is 1. The van der Waals surface area contributed by atoms with Gasteiger partial charge in [-0.15, -0.1) is 0 Å². The Hall–Kier alpha value is -2.44. The Morgan fingerprint density at radius 3 is 2.14 bits per heavy atom. The highest BCUT2D eigenvalue weighted by Crippen LogP contribution is 2.24. The van der Waals surface area contributed by atoms with Crippen LogP contribution in [-0.4, -0.2) is 16.8 Å². The van der Waals surface area contributed by atoms with Crippen LogP contribution in [0.25, 0.3) is 0 Å². The van der Waals surface area contributed by atoms with Crippen molar-refractivity contribution in [2.45, 2.75) is 0 Å². The summed E-state index contributed by atoms with van der Waals surface area (Å²) in [5, 5.41) is 6.42. The first-order valence-corrected chi connectivity index (χ1v) is 9.86. The molecule has 0 saturated heterocycles. The number of ketones is 1. The molecule has 0 aromatic heterocycles. The minimum absolute atomic E-state index is 0.00505. The van der Waals surface area contributed by atoms with Crippen LogP contribution in [0.1, 0.15) is 26.3 Å². The first-order chi connectivity index (χ1) is 13.8. The summed E-state index contributed by atoms with van der Waals surface area (Å²) in [5.41, 5.74) is 1.46. The van der Waals surface area contributed by atoms with Crippen LogP contribution in [0.2, 0.25) is 15.1 Å². The molecule has 0 aliphatic rings. The summed E-state index contributed by atoms with van der Waals surface area (Å²) < 4.78 is 0. The Morgan fingerprint density at radius 2 is 1.45 bits per heavy atom. The van der Waals surface area contributed by atoms with Crippen molar-refractivity contribution in [1.82, 2.24) is 5.32 Å². The number of amides is 1. The van der Waals surface area contributed by atoms with Gasteiger partial charge in [-0.3, -0.25) is 14.9 Å². The van der Waals surface area contributed by atoms with Crippen LogP contribution in [-0.2, 0) is 0 Å². The summed E-state index contributed by atoms with van der Waals surface area (Å²) in [7, 11) is 0. The predicted octanol–water partition coefficient (Wildman–Crippen LogP) is 6.00. The third kappa shape index (κ3) is 5.34. The fraction of sp³-hybridized carbons (Fsp3) is 0. The van der Waals surface area contributed by atoms with E-state index in [1.807, 2.05) is 6.07 Å². The maximum Gasteiger partial charge on any atom is 0.258 e. The molecule has 0 spiro atoms. The molecule has 8 heteroatoms. The second-order valence-electron chi connectivity index (χ2n) is 5.92. The van der Waals surface area contributed by atoms with Crippen molar-refractivity contribution in [1.29, 1.82) is 0 Å². The van der Waals surface area contributed by atoms with Gasteiger partial charge in [-0.1, -0.05) is 65.1 Å². The van der Waals surface area contributed by atoms with Gasteiger partial charge in [0.25, 0.3) is 5.91 Å². The molecule has 4 nitrogen and oxygen atoms in total. The van der Waals surface area contributed by atoms with E-state index in [9.17, 15) is 9.59 Å². The van der Waals surface area contributed by atoms with Gasteiger partial charge in [0.1, 0.15) is 0 Å². The van der Waals surface area contributed by atoms with Gasteiger partial charge in [-0.2, -0.15) is 0 Å². The molecule has 0 aliphatic heterocycles. The maximum absolute atomic E-state index is 12.9. The predicted molar refractivity (Wildman–Crippen MR) is 121 cm³/mol. The fourth-order valence-electron chi connectivity index (χ4n) is 2.56. The molecule has 1 amide bonds. The smallest absolute Gasteiger partial charge is 0.258 e. The zero-order valence-electron chi connectivity index (χ0n) is 14.7.